The molecule has 96 valence electrons. The van der Waals surface area contributed by atoms with Crippen LogP contribution in [0.2, 0.25) is 0 Å². The fourth-order valence-corrected chi connectivity index (χ4v) is 1.76. The van der Waals surface area contributed by atoms with Crippen LogP contribution in [0.5, 0.6) is 0 Å². The zero-order valence-corrected chi connectivity index (χ0v) is 9.50. The second-order valence-corrected chi connectivity index (χ2v) is 3.85. The van der Waals surface area contributed by atoms with E-state index in [9.17, 15) is 17.6 Å². The van der Waals surface area contributed by atoms with E-state index in [1.165, 1.54) is 18.2 Å². The Bertz CT molecular complexity index is 653. The third-order valence-electron chi connectivity index (χ3n) is 2.62. The van der Waals surface area contributed by atoms with Gasteiger partial charge in [0.05, 0.1) is 17.2 Å². The summed E-state index contributed by atoms with van der Waals surface area (Å²) in [5.41, 5.74) is -1.42. The number of alkyl halides is 3. The van der Waals surface area contributed by atoms with Crippen LogP contribution in [0.25, 0.3) is 11.1 Å². The molecule has 0 aliphatic heterocycles. The molecule has 0 aromatic heterocycles. The zero-order valence-electron chi connectivity index (χ0n) is 9.50. The van der Waals surface area contributed by atoms with Crippen molar-refractivity contribution in [2.24, 2.45) is 0 Å². The molecule has 0 saturated carbocycles. The highest BCUT2D eigenvalue weighted by molar-refractivity contribution is 5.70. The van der Waals surface area contributed by atoms with Gasteiger partial charge in [0.25, 0.3) is 0 Å². The van der Waals surface area contributed by atoms with E-state index in [1.54, 1.807) is 6.07 Å². The maximum Gasteiger partial charge on any atom is 0.417 e. The Morgan fingerprint density at radius 2 is 1.63 bits per heavy atom. The largest absolute Gasteiger partial charge is 0.417 e. The van der Waals surface area contributed by atoms with Crippen molar-refractivity contribution in [1.82, 2.24) is 0 Å². The number of nitriles is 1. The molecular formula is C14H7F4N. The molecule has 5 heteroatoms. The van der Waals surface area contributed by atoms with Gasteiger partial charge < -0.3 is 0 Å². The molecule has 0 N–H and O–H groups in total. The predicted molar refractivity (Wildman–Crippen MR) is 61.6 cm³/mol. The van der Waals surface area contributed by atoms with E-state index in [2.05, 4.69) is 0 Å². The van der Waals surface area contributed by atoms with E-state index in [-0.39, 0.29) is 16.7 Å². The molecule has 2 rings (SSSR count). The number of benzene rings is 2. The molecule has 0 unspecified atom stereocenters. The summed E-state index contributed by atoms with van der Waals surface area (Å²) in [6.45, 7) is 0. The van der Waals surface area contributed by atoms with E-state index in [0.717, 1.165) is 24.3 Å². The van der Waals surface area contributed by atoms with Crippen molar-refractivity contribution in [1.29, 1.82) is 5.26 Å². The van der Waals surface area contributed by atoms with Crippen LogP contribution in [-0.2, 0) is 6.18 Å². The number of rotatable bonds is 1. The Labute approximate surface area is 106 Å². The Kier molecular flexibility index (Phi) is 3.26. The summed E-state index contributed by atoms with van der Waals surface area (Å²) < 4.78 is 52.3. The molecule has 0 aliphatic rings. The van der Waals surface area contributed by atoms with Crippen LogP contribution in [0.4, 0.5) is 17.6 Å². The fraction of sp³-hybridized carbons (Fsp3) is 0.0714. The van der Waals surface area contributed by atoms with E-state index in [0.29, 0.717) is 0 Å². The molecule has 0 bridgehead atoms. The summed E-state index contributed by atoms with van der Waals surface area (Å²) in [6, 6.07) is 9.80. The summed E-state index contributed by atoms with van der Waals surface area (Å²) in [5.74, 6) is -0.761. The lowest BCUT2D eigenvalue weighted by Gasteiger charge is -2.13. The minimum atomic E-state index is -4.61. The fourth-order valence-electron chi connectivity index (χ4n) is 1.76. The van der Waals surface area contributed by atoms with Crippen molar-refractivity contribution in [2.45, 2.75) is 6.18 Å². The molecule has 0 heterocycles. The summed E-state index contributed by atoms with van der Waals surface area (Å²) in [5, 5.41) is 8.75. The van der Waals surface area contributed by atoms with Gasteiger partial charge in [-0.05, 0) is 29.8 Å². The third-order valence-corrected chi connectivity index (χ3v) is 2.62. The normalized spacial score (nSPS) is 11.1. The molecule has 0 aliphatic carbocycles. The van der Waals surface area contributed by atoms with Gasteiger partial charge in [0, 0.05) is 5.56 Å². The lowest BCUT2D eigenvalue weighted by atomic mass is 9.97. The molecule has 0 amide bonds. The number of hydrogen-bond donors (Lipinski definition) is 0. The summed E-state index contributed by atoms with van der Waals surface area (Å²) >= 11 is 0. The van der Waals surface area contributed by atoms with Crippen molar-refractivity contribution in [2.75, 3.05) is 0 Å². The van der Waals surface area contributed by atoms with Crippen LogP contribution >= 0.6 is 0 Å². The first-order chi connectivity index (χ1) is 8.93. The number of halogens is 4. The van der Waals surface area contributed by atoms with Gasteiger partial charge in [-0.1, -0.05) is 18.2 Å². The van der Waals surface area contributed by atoms with Gasteiger partial charge >= 0.3 is 6.18 Å². The highest BCUT2D eigenvalue weighted by atomic mass is 19.4. The van der Waals surface area contributed by atoms with Gasteiger partial charge in [-0.3, -0.25) is 0 Å². The molecule has 0 spiro atoms. The van der Waals surface area contributed by atoms with Crippen molar-refractivity contribution in [3.63, 3.8) is 0 Å². The standard InChI is InChI=1S/C14H7F4N/c15-13-4-2-1-3-10(13)11-7-9(8-19)5-6-12(11)14(16,17)18/h1-7H. The average molecular weight is 265 g/mol. The topological polar surface area (TPSA) is 23.8 Å². The second kappa shape index (κ2) is 4.73. The van der Waals surface area contributed by atoms with E-state index >= 15 is 0 Å². The summed E-state index contributed by atoms with van der Waals surface area (Å²) in [6.07, 6.45) is -4.61. The lowest BCUT2D eigenvalue weighted by molar-refractivity contribution is -0.137. The molecule has 0 atom stereocenters. The van der Waals surface area contributed by atoms with Crippen molar-refractivity contribution < 1.29 is 17.6 Å². The predicted octanol–water partition coefficient (Wildman–Crippen LogP) is 4.38. The van der Waals surface area contributed by atoms with Crippen molar-refractivity contribution in [3.05, 3.63) is 59.4 Å². The summed E-state index contributed by atoms with van der Waals surface area (Å²) in [4.78, 5) is 0. The molecule has 0 saturated heterocycles. The lowest BCUT2D eigenvalue weighted by Crippen LogP contribution is -2.07. The van der Waals surface area contributed by atoms with Gasteiger partial charge in [-0.15, -0.1) is 0 Å². The molecule has 0 fully saturated rings. The Balaban J connectivity index is 2.74. The second-order valence-electron chi connectivity index (χ2n) is 3.85. The Morgan fingerprint density at radius 1 is 0.947 bits per heavy atom. The molecule has 1 nitrogen and oxygen atoms in total. The highest BCUT2D eigenvalue weighted by Gasteiger charge is 2.34. The third kappa shape index (κ3) is 2.58. The smallest absolute Gasteiger partial charge is 0.206 e. The van der Waals surface area contributed by atoms with Crippen molar-refractivity contribution in [3.8, 4) is 17.2 Å². The van der Waals surface area contributed by atoms with Crippen LogP contribution < -0.4 is 0 Å². The maximum absolute atomic E-state index is 13.6. The van der Waals surface area contributed by atoms with E-state index < -0.39 is 17.6 Å². The molecule has 2 aromatic rings. The van der Waals surface area contributed by atoms with Crippen molar-refractivity contribution >= 4 is 0 Å². The van der Waals surface area contributed by atoms with Gasteiger partial charge in [-0.2, -0.15) is 18.4 Å². The highest BCUT2D eigenvalue weighted by Crippen LogP contribution is 2.38. The quantitative estimate of drug-likeness (QED) is 0.702. The average Bonchev–Trinajstić information content (AvgIpc) is 2.37. The molecular weight excluding hydrogens is 258 g/mol. The first-order valence-electron chi connectivity index (χ1n) is 5.29. The minimum Gasteiger partial charge on any atom is -0.206 e. The van der Waals surface area contributed by atoms with E-state index in [4.69, 9.17) is 5.26 Å². The first kappa shape index (κ1) is 13.1. The van der Waals surface area contributed by atoms with Crippen LogP contribution in [0, 0.1) is 17.1 Å². The molecule has 0 radical (unpaired) electrons. The maximum atomic E-state index is 13.6. The SMILES string of the molecule is N#Cc1ccc(C(F)(F)F)c(-c2ccccc2F)c1. The summed E-state index contributed by atoms with van der Waals surface area (Å²) in [7, 11) is 0. The minimum absolute atomic E-state index is 0.0475. The molecule has 2 aromatic carbocycles. The van der Waals surface area contributed by atoms with Crippen LogP contribution in [0.3, 0.4) is 0 Å². The monoisotopic (exact) mass is 265 g/mol. The Morgan fingerprint density at radius 3 is 2.21 bits per heavy atom. The molecule has 19 heavy (non-hydrogen) atoms. The van der Waals surface area contributed by atoms with Gasteiger partial charge in [0.15, 0.2) is 0 Å². The van der Waals surface area contributed by atoms with Crippen LogP contribution in [0.1, 0.15) is 11.1 Å². The van der Waals surface area contributed by atoms with Gasteiger partial charge in [0.1, 0.15) is 5.82 Å². The first-order valence-corrected chi connectivity index (χ1v) is 5.29. The van der Waals surface area contributed by atoms with Gasteiger partial charge in [0.2, 0.25) is 0 Å². The zero-order chi connectivity index (χ0) is 14.0. The van der Waals surface area contributed by atoms with Gasteiger partial charge in [-0.25, -0.2) is 4.39 Å². The number of hydrogen-bond acceptors (Lipinski definition) is 1. The van der Waals surface area contributed by atoms with Crippen LogP contribution in [-0.4, -0.2) is 0 Å². The Hall–Kier alpha value is -2.35. The number of nitrogens with zero attached hydrogens (tertiary/aromatic N) is 1. The van der Waals surface area contributed by atoms with Crippen LogP contribution in [0.15, 0.2) is 42.5 Å². The van der Waals surface area contributed by atoms with E-state index in [1.807, 2.05) is 0 Å².